The van der Waals surface area contributed by atoms with Crippen LogP contribution in [0, 0.1) is 0 Å². The summed E-state index contributed by atoms with van der Waals surface area (Å²) in [7, 11) is 0. The fourth-order valence-corrected chi connectivity index (χ4v) is 2.28. The fourth-order valence-electron chi connectivity index (χ4n) is 2.05. The van der Waals surface area contributed by atoms with Gasteiger partial charge in [0.1, 0.15) is 0 Å². The van der Waals surface area contributed by atoms with E-state index in [4.69, 9.17) is 10.5 Å². The number of hydrogen-bond donors (Lipinski definition) is 1. The third-order valence-corrected chi connectivity index (χ3v) is 3.32. The number of aromatic nitrogens is 1. The van der Waals surface area contributed by atoms with Crippen molar-refractivity contribution in [1.82, 2.24) is 4.98 Å². The first-order valence-corrected chi connectivity index (χ1v) is 6.51. The Balaban J connectivity index is 1.81. The molecule has 1 aliphatic rings. The largest absolute Gasteiger partial charge is 0.378 e. The second-order valence-electron chi connectivity index (χ2n) is 4.30. The van der Waals surface area contributed by atoms with Crippen LogP contribution < -0.4 is 5.73 Å². The van der Waals surface area contributed by atoms with Crippen molar-refractivity contribution in [3.05, 3.63) is 28.5 Å². The minimum absolute atomic E-state index is 0.150. The number of hydrogen-bond acceptors (Lipinski definition) is 3. The molecule has 1 aromatic heterocycles. The maximum absolute atomic E-state index is 6.09. The van der Waals surface area contributed by atoms with Crippen molar-refractivity contribution >= 4 is 15.9 Å². The van der Waals surface area contributed by atoms with Gasteiger partial charge in [-0.3, -0.25) is 4.98 Å². The monoisotopic (exact) mass is 284 g/mol. The van der Waals surface area contributed by atoms with E-state index in [0.717, 1.165) is 36.0 Å². The van der Waals surface area contributed by atoms with Crippen LogP contribution in [-0.4, -0.2) is 23.7 Å². The van der Waals surface area contributed by atoms with E-state index < -0.39 is 0 Å². The standard InChI is InChI=1S/C12H17BrN2O/c13-9-3-4-11(15-8-9)6-10(14)7-12-2-1-5-16-12/h3-4,8,10,12H,1-2,5-7,14H2. The van der Waals surface area contributed by atoms with Crippen molar-refractivity contribution in [2.75, 3.05) is 6.61 Å². The molecule has 0 aromatic carbocycles. The molecule has 2 unspecified atom stereocenters. The van der Waals surface area contributed by atoms with E-state index in [1.165, 1.54) is 6.42 Å². The van der Waals surface area contributed by atoms with E-state index in [1.54, 1.807) is 0 Å². The van der Waals surface area contributed by atoms with Gasteiger partial charge >= 0.3 is 0 Å². The van der Waals surface area contributed by atoms with Crippen LogP contribution in [-0.2, 0) is 11.2 Å². The highest BCUT2D eigenvalue weighted by atomic mass is 79.9. The Morgan fingerprint density at radius 1 is 1.56 bits per heavy atom. The van der Waals surface area contributed by atoms with Crippen LogP contribution in [0.5, 0.6) is 0 Å². The highest BCUT2D eigenvalue weighted by molar-refractivity contribution is 9.10. The molecule has 0 spiro atoms. The summed E-state index contributed by atoms with van der Waals surface area (Å²) >= 11 is 3.37. The van der Waals surface area contributed by atoms with Gasteiger partial charge in [0.05, 0.1) is 6.10 Å². The van der Waals surface area contributed by atoms with Gasteiger partial charge in [-0.15, -0.1) is 0 Å². The third-order valence-electron chi connectivity index (χ3n) is 2.85. The molecular weight excluding hydrogens is 268 g/mol. The van der Waals surface area contributed by atoms with Gasteiger partial charge in [-0.1, -0.05) is 0 Å². The van der Waals surface area contributed by atoms with Gasteiger partial charge in [-0.2, -0.15) is 0 Å². The summed E-state index contributed by atoms with van der Waals surface area (Å²) in [5, 5.41) is 0. The van der Waals surface area contributed by atoms with E-state index in [2.05, 4.69) is 20.9 Å². The Hall–Kier alpha value is -0.450. The van der Waals surface area contributed by atoms with Crippen molar-refractivity contribution in [3.8, 4) is 0 Å². The molecule has 16 heavy (non-hydrogen) atoms. The normalized spacial score (nSPS) is 22.2. The molecule has 0 aliphatic carbocycles. The average molecular weight is 285 g/mol. The van der Waals surface area contributed by atoms with Crippen LogP contribution in [0.4, 0.5) is 0 Å². The Labute approximate surface area is 105 Å². The van der Waals surface area contributed by atoms with Crippen molar-refractivity contribution in [2.24, 2.45) is 5.73 Å². The minimum atomic E-state index is 0.150. The van der Waals surface area contributed by atoms with Gasteiger partial charge in [0.2, 0.25) is 0 Å². The van der Waals surface area contributed by atoms with Crippen LogP contribution in [0.2, 0.25) is 0 Å². The van der Waals surface area contributed by atoms with Gasteiger partial charge in [0.15, 0.2) is 0 Å². The Bertz CT molecular complexity index is 322. The quantitative estimate of drug-likeness (QED) is 0.923. The number of pyridine rings is 1. The molecule has 1 aliphatic heterocycles. The molecule has 4 heteroatoms. The molecule has 0 saturated carbocycles. The number of nitrogens with zero attached hydrogens (tertiary/aromatic N) is 1. The molecule has 0 bridgehead atoms. The number of halogens is 1. The molecule has 1 aromatic rings. The van der Waals surface area contributed by atoms with E-state index in [-0.39, 0.29) is 6.04 Å². The zero-order valence-electron chi connectivity index (χ0n) is 9.23. The molecule has 1 saturated heterocycles. The lowest BCUT2D eigenvalue weighted by molar-refractivity contribution is 0.0982. The molecule has 88 valence electrons. The summed E-state index contributed by atoms with van der Waals surface area (Å²) in [5.41, 5.74) is 7.14. The van der Waals surface area contributed by atoms with E-state index in [0.29, 0.717) is 6.10 Å². The molecule has 2 heterocycles. The highest BCUT2D eigenvalue weighted by Gasteiger charge is 2.18. The summed E-state index contributed by atoms with van der Waals surface area (Å²) in [6, 6.07) is 4.16. The summed E-state index contributed by atoms with van der Waals surface area (Å²) in [5.74, 6) is 0. The van der Waals surface area contributed by atoms with Crippen LogP contribution in [0.25, 0.3) is 0 Å². The van der Waals surface area contributed by atoms with Gasteiger partial charge < -0.3 is 10.5 Å². The summed E-state index contributed by atoms with van der Waals surface area (Å²) in [6.45, 7) is 0.897. The van der Waals surface area contributed by atoms with E-state index in [9.17, 15) is 0 Å². The maximum Gasteiger partial charge on any atom is 0.0590 e. The fraction of sp³-hybridized carbons (Fsp3) is 0.583. The van der Waals surface area contributed by atoms with Crippen LogP contribution >= 0.6 is 15.9 Å². The predicted molar refractivity (Wildman–Crippen MR) is 67.2 cm³/mol. The second kappa shape index (κ2) is 5.75. The van der Waals surface area contributed by atoms with Gasteiger partial charge in [-0.25, -0.2) is 0 Å². The number of nitrogens with two attached hydrogens (primary N) is 1. The Kier molecular flexibility index (Phi) is 4.32. The van der Waals surface area contributed by atoms with Crippen LogP contribution in [0.3, 0.4) is 0 Å². The maximum atomic E-state index is 6.09. The first kappa shape index (κ1) is 12.0. The average Bonchev–Trinajstić information content (AvgIpc) is 2.74. The molecule has 2 rings (SSSR count). The molecule has 0 radical (unpaired) electrons. The molecule has 0 amide bonds. The molecule has 3 nitrogen and oxygen atoms in total. The minimum Gasteiger partial charge on any atom is -0.378 e. The van der Waals surface area contributed by atoms with Gasteiger partial charge in [0, 0.05) is 35.4 Å². The smallest absolute Gasteiger partial charge is 0.0590 e. The number of ether oxygens (including phenoxy) is 1. The lowest BCUT2D eigenvalue weighted by atomic mass is 10.0. The molecule has 2 N–H and O–H groups in total. The predicted octanol–water partition coefficient (Wildman–Crippen LogP) is 2.28. The third kappa shape index (κ3) is 3.54. The zero-order valence-corrected chi connectivity index (χ0v) is 10.8. The van der Waals surface area contributed by atoms with Crippen molar-refractivity contribution < 1.29 is 4.74 Å². The van der Waals surface area contributed by atoms with Gasteiger partial charge in [-0.05, 0) is 47.3 Å². The molecular formula is C12H17BrN2O. The van der Waals surface area contributed by atoms with Crippen LogP contribution in [0.15, 0.2) is 22.8 Å². The van der Waals surface area contributed by atoms with Crippen molar-refractivity contribution in [2.45, 2.75) is 37.8 Å². The topological polar surface area (TPSA) is 48.1 Å². The lowest BCUT2D eigenvalue weighted by Crippen LogP contribution is -2.28. The lowest BCUT2D eigenvalue weighted by Gasteiger charge is -2.15. The second-order valence-corrected chi connectivity index (χ2v) is 5.22. The summed E-state index contributed by atoms with van der Waals surface area (Å²) in [6.07, 6.45) is 6.28. The highest BCUT2D eigenvalue weighted by Crippen LogP contribution is 2.17. The SMILES string of the molecule is NC(Cc1ccc(Br)cn1)CC1CCCO1. The first-order chi connectivity index (χ1) is 7.74. The molecule has 2 atom stereocenters. The van der Waals surface area contributed by atoms with Crippen molar-refractivity contribution in [3.63, 3.8) is 0 Å². The van der Waals surface area contributed by atoms with Crippen LogP contribution in [0.1, 0.15) is 25.0 Å². The van der Waals surface area contributed by atoms with Gasteiger partial charge in [0.25, 0.3) is 0 Å². The Morgan fingerprint density at radius 3 is 3.06 bits per heavy atom. The summed E-state index contributed by atoms with van der Waals surface area (Å²) in [4.78, 5) is 4.33. The summed E-state index contributed by atoms with van der Waals surface area (Å²) < 4.78 is 6.58. The van der Waals surface area contributed by atoms with E-state index in [1.807, 2.05) is 18.3 Å². The number of rotatable bonds is 4. The first-order valence-electron chi connectivity index (χ1n) is 5.71. The zero-order chi connectivity index (χ0) is 11.4. The van der Waals surface area contributed by atoms with Crippen molar-refractivity contribution in [1.29, 1.82) is 0 Å². The van der Waals surface area contributed by atoms with E-state index >= 15 is 0 Å². The Morgan fingerprint density at radius 2 is 2.44 bits per heavy atom. The molecule has 1 fully saturated rings.